The van der Waals surface area contributed by atoms with Crippen molar-refractivity contribution in [2.24, 2.45) is 4.99 Å². The Hall–Kier alpha value is -3.02. The highest BCUT2D eigenvalue weighted by atomic mass is 16.5. The van der Waals surface area contributed by atoms with Gasteiger partial charge in [0.05, 0.1) is 13.7 Å². The van der Waals surface area contributed by atoms with Crippen LogP contribution in [0.15, 0.2) is 53.5 Å². The Morgan fingerprint density at radius 1 is 1.00 bits per heavy atom. The van der Waals surface area contributed by atoms with Gasteiger partial charge >= 0.3 is 0 Å². The Kier molecular flexibility index (Phi) is 8.85. The van der Waals surface area contributed by atoms with Crippen LogP contribution in [0.4, 0.5) is 0 Å². The average molecular weight is 383 g/mol. The predicted octanol–water partition coefficient (Wildman–Crippen LogP) is 2.74. The van der Waals surface area contributed by atoms with E-state index in [0.29, 0.717) is 18.7 Å². The van der Waals surface area contributed by atoms with Crippen LogP contribution >= 0.6 is 0 Å². The number of aliphatic imine (C=N–C) groups is 1. The van der Waals surface area contributed by atoms with Crippen LogP contribution in [0.5, 0.6) is 5.75 Å². The second-order valence-corrected chi connectivity index (χ2v) is 6.24. The standard InChI is InChI=1S/C22H30N4O2/c1-4-23-21(27)19-11-8-9-17(15-19)16-26-22(24-5-2)25-14-13-18-10-6-7-12-20(18)28-3/h6-12,15H,4-5,13-14,16H2,1-3H3,(H,23,27)(H2,24,25,26). The van der Waals surface area contributed by atoms with Crippen molar-refractivity contribution in [3.63, 3.8) is 0 Å². The summed E-state index contributed by atoms with van der Waals surface area (Å²) < 4.78 is 5.40. The van der Waals surface area contributed by atoms with Gasteiger partial charge in [-0.25, -0.2) is 4.99 Å². The molecule has 0 atom stereocenters. The van der Waals surface area contributed by atoms with Gasteiger partial charge in [0.1, 0.15) is 5.75 Å². The lowest BCUT2D eigenvalue weighted by molar-refractivity contribution is 0.0955. The molecule has 0 fully saturated rings. The lowest BCUT2D eigenvalue weighted by atomic mass is 10.1. The predicted molar refractivity (Wildman–Crippen MR) is 114 cm³/mol. The smallest absolute Gasteiger partial charge is 0.251 e. The minimum atomic E-state index is -0.0600. The molecule has 0 aliphatic rings. The zero-order chi connectivity index (χ0) is 20.2. The molecule has 150 valence electrons. The van der Waals surface area contributed by atoms with Gasteiger partial charge in [0.2, 0.25) is 0 Å². The fourth-order valence-electron chi connectivity index (χ4n) is 2.81. The minimum Gasteiger partial charge on any atom is -0.496 e. The first-order valence-electron chi connectivity index (χ1n) is 9.69. The number of nitrogens with zero attached hydrogens (tertiary/aromatic N) is 1. The van der Waals surface area contributed by atoms with E-state index in [1.54, 1.807) is 7.11 Å². The van der Waals surface area contributed by atoms with Crippen molar-refractivity contribution in [3.8, 4) is 5.75 Å². The van der Waals surface area contributed by atoms with Crippen LogP contribution in [0, 0.1) is 0 Å². The molecule has 0 heterocycles. The van der Waals surface area contributed by atoms with E-state index in [9.17, 15) is 4.79 Å². The first-order chi connectivity index (χ1) is 13.7. The quantitative estimate of drug-likeness (QED) is 0.460. The van der Waals surface area contributed by atoms with Gasteiger partial charge in [0, 0.05) is 25.2 Å². The van der Waals surface area contributed by atoms with Gasteiger partial charge in [-0.15, -0.1) is 0 Å². The Labute approximate surface area is 167 Å². The molecule has 3 N–H and O–H groups in total. The third kappa shape index (κ3) is 6.61. The summed E-state index contributed by atoms with van der Waals surface area (Å²) in [6, 6.07) is 15.6. The van der Waals surface area contributed by atoms with Gasteiger partial charge in [0.15, 0.2) is 5.96 Å². The van der Waals surface area contributed by atoms with E-state index >= 15 is 0 Å². The molecule has 1 amide bonds. The lowest BCUT2D eigenvalue weighted by Crippen LogP contribution is -2.38. The van der Waals surface area contributed by atoms with E-state index in [0.717, 1.165) is 42.3 Å². The van der Waals surface area contributed by atoms with Gasteiger partial charge < -0.3 is 20.7 Å². The topological polar surface area (TPSA) is 74.8 Å². The number of hydrogen-bond donors (Lipinski definition) is 3. The number of guanidine groups is 1. The number of ether oxygens (including phenoxy) is 1. The third-order valence-corrected chi connectivity index (χ3v) is 4.17. The molecule has 28 heavy (non-hydrogen) atoms. The molecule has 6 nitrogen and oxygen atoms in total. The molecule has 2 aromatic carbocycles. The van der Waals surface area contributed by atoms with E-state index in [2.05, 4.69) is 27.0 Å². The normalized spacial score (nSPS) is 11.0. The second kappa shape index (κ2) is 11.6. The highest BCUT2D eigenvalue weighted by Crippen LogP contribution is 2.17. The molecular weight excluding hydrogens is 352 g/mol. The van der Waals surface area contributed by atoms with Gasteiger partial charge in [-0.3, -0.25) is 4.79 Å². The van der Waals surface area contributed by atoms with Crippen LogP contribution in [0.1, 0.15) is 35.3 Å². The van der Waals surface area contributed by atoms with Crippen molar-refractivity contribution in [3.05, 3.63) is 65.2 Å². The summed E-state index contributed by atoms with van der Waals surface area (Å²) in [6.45, 7) is 6.57. The number of rotatable bonds is 9. The Balaban J connectivity index is 1.96. The molecule has 0 saturated heterocycles. The number of methoxy groups -OCH3 is 1. The SMILES string of the molecule is CCNC(=O)c1cccc(CN=C(NCC)NCCc2ccccc2OC)c1. The highest BCUT2D eigenvalue weighted by Gasteiger charge is 2.05. The van der Waals surface area contributed by atoms with Crippen LogP contribution in [0.2, 0.25) is 0 Å². The van der Waals surface area contributed by atoms with Gasteiger partial charge in [-0.1, -0.05) is 30.3 Å². The molecule has 0 bridgehead atoms. The van der Waals surface area contributed by atoms with Crippen molar-refractivity contribution in [1.82, 2.24) is 16.0 Å². The number of benzene rings is 2. The van der Waals surface area contributed by atoms with Crippen molar-refractivity contribution in [1.29, 1.82) is 0 Å². The molecule has 0 aromatic heterocycles. The summed E-state index contributed by atoms with van der Waals surface area (Å²) >= 11 is 0. The third-order valence-electron chi connectivity index (χ3n) is 4.17. The van der Waals surface area contributed by atoms with Crippen molar-refractivity contribution < 1.29 is 9.53 Å². The fourth-order valence-corrected chi connectivity index (χ4v) is 2.81. The van der Waals surface area contributed by atoms with Crippen LogP contribution in [-0.2, 0) is 13.0 Å². The summed E-state index contributed by atoms with van der Waals surface area (Å²) in [5.41, 5.74) is 2.80. The molecule has 0 aliphatic heterocycles. The fraction of sp³-hybridized carbons (Fsp3) is 0.364. The number of nitrogens with one attached hydrogen (secondary N) is 3. The van der Waals surface area contributed by atoms with E-state index in [1.165, 1.54) is 0 Å². The number of amides is 1. The minimum absolute atomic E-state index is 0.0600. The van der Waals surface area contributed by atoms with Gasteiger partial charge in [-0.2, -0.15) is 0 Å². The molecule has 2 rings (SSSR count). The molecule has 6 heteroatoms. The van der Waals surface area contributed by atoms with Gasteiger partial charge in [-0.05, 0) is 49.6 Å². The molecule has 0 unspecified atom stereocenters. The molecule has 0 saturated carbocycles. The molecular formula is C22H30N4O2. The highest BCUT2D eigenvalue weighted by molar-refractivity contribution is 5.94. The summed E-state index contributed by atoms with van der Waals surface area (Å²) in [7, 11) is 1.69. The van der Waals surface area contributed by atoms with Crippen LogP contribution in [-0.4, -0.2) is 38.6 Å². The molecule has 0 aliphatic carbocycles. The zero-order valence-electron chi connectivity index (χ0n) is 16.9. The van der Waals surface area contributed by atoms with Crippen LogP contribution < -0.4 is 20.7 Å². The van der Waals surface area contributed by atoms with E-state index in [-0.39, 0.29) is 5.91 Å². The Morgan fingerprint density at radius 2 is 1.79 bits per heavy atom. The number of carbonyl (C=O) groups is 1. The number of hydrogen-bond acceptors (Lipinski definition) is 3. The van der Waals surface area contributed by atoms with E-state index < -0.39 is 0 Å². The molecule has 2 aromatic rings. The maximum Gasteiger partial charge on any atom is 0.251 e. The van der Waals surface area contributed by atoms with Gasteiger partial charge in [0.25, 0.3) is 5.91 Å². The van der Waals surface area contributed by atoms with Crippen molar-refractivity contribution in [2.45, 2.75) is 26.8 Å². The van der Waals surface area contributed by atoms with Crippen molar-refractivity contribution in [2.75, 3.05) is 26.7 Å². The van der Waals surface area contributed by atoms with E-state index in [4.69, 9.17) is 4.74 Å². The summed E-state index contributed by atoms with van der Waals surface area (Å²) in [5, 5.41) is 9.42. The lowest BCUT2D eigenvalue weighted by Gasteiger charge is -2.13. The number of carbonyl (C=O) groups excluding carboxylic acids is 1. The second-order valence-electron chi connectivity index (χ2n) is 6.24. The largest absolute Gasteiger partial charge is 0.496 e. The maximum absolute atomic E-state index is 12.0. The van der Waals surface area contributed by atoms with Crippen LogP contribution in [0.25, 0.3) is 0 Å². The van der Waals surface area contributed by atoms with Crippen molar-refractivity contribution >= 4 is 11.9 Å². The Bertz CT molecular complexity index is 790. The van der Waals surface area contributed by atoms with Crippen LogP contribution in [0.3, 0.4) is 0 Å². The summed E-state index contributed by atoms with van der Waals surface area (Å²) in [4.78, 5) is 16.6. The zero-order valence-corrected chi connectivity index (χ0v) is 16.9. The first-order valence-corrected chi connectivity index (χ1v) is 9.69. The molecule has 0 spiro atoms. The molecule has 0 radical (unpaired) electrons. The number of para-hydroxylation sites is 1. The average Bonchev–Trinajstić information content (AvgIpc) is 2.72. The monoisotopic (exact) mass is 382 g/mol. The maximum atomic E-state index is 12.0. The summed E-state index contributed by atoms with van der Waals surface area (Å²) in [5.74, 6) is 1.59. The summed E-state index contributed by atoms with van der Waals surface area (Å²) in [6.07, 6.45) is 0.834. The van der Waals surface area contributed by atoms with E-state index in [1.807, 2.05) is 56.3 Å². The first kappa shape index (κ1) is 21.3. The Morgan fingerprint density at radius 3 is 2.54 bits per heavy atom.